The van der Waals surface area contributed by atoms with E-state index in [4.69, 9.17) is 10.2 Å². The van der Waals surface area contributed by atoms with E-state index in [1.807, 2.05) is 60.7 Å². The first-order valence-electron chi connectivity index (χ1n) is 24.4. The third-order valence-electron chi connectivity index (χ3n) is 12.0. The summed E-state index contributed by atoms with van der Waals surface area (Å²) in [6.45, 7) is 3.32. The van der Waals surface area contributed by atoms with Crippen LogP contribution in [-0.2, 0) is 20.1 Å². The molecular formula is C65H56BIrN5O2P-. The second-order valence-corrected chi connectivity index (χ2v) is 17.7. The average molecular weight is 1170 g/mol. The smallest absolute Gasteiger partial charge is 0.265 e. The molecule has 3 radical (unpaired) electrons. The van der Waals surface area contributed by atoms with Crippen LogP contribution >= 0.6 is 9.03 Å². The molecule has 0 bridgehead atoms. The van der Waals surface area contributed by atoms with Gasteiger partial charge in [0.15, 0.2) is 0 Å². The fourth-order valence-electron chi connectivity index (χ4n) is 8.74. The normalized spacial score (nSPS) is 11.1. The summed E-state index contributed by atoms with van der Waals surface area (Å²) in [6, 6.07) is 92.3. The Bertz CT molecular complexity index is 3230. The van der Waals surface area contributed by atoms with Crippen molar-refractivity contribution >= 4 is 72.7 Å². The van der Waals surface area contributed by atoms with Gasteiger partial charge in [0.25, 0.3) is 7.98 Å². The molecule has 10 heteroatoms. The van der Waals surface area contributed by atoms with Gasteiger partial charge in [-0.3, -0.25) is 4.98 Å². The Hall–Kier alpha value is -7.87. The van der Waals surface area contributed by atoms with Crippen molar-refractivity contribution < 1.29 is 30.3 Å². The van der Waals surface area contributed by atoms with Crippen LogP contribution in [0.2, 0.25) is 0 Å². The first-order chi connectivity index (χ1) is 36.3. The fourth-order valence-corrected chi connectivity index (χ4v) is 8.74. The predicted molar refractivity (Wildman–Crippen MR) is 312 cm³/mol. The number of nitrogens with zero attached hydrogens (tertiary/aromatic N) is 5. The quantitative estimate of drug-likeness (QED) is 0.0763. The maximum atomic E-state index is 8.56. The molecule has 0 fully saturated rings. The largest absolute Gasteiger partial charge is 0.393 e. The molecule has 0 aliphatic heterocycles. The summed E-state index contributed by atoms with van der Waals surface area (Å²) in [4.78, 5) is 13.3. The second-order valence-electron chi connectivity index (χ2n) is 17.4. The van der Waals surface area contributed by atoms with E-state index in [1.165, 1.54) is 32.7 Å². The Kier molecular flexibility index (Phi) is 20.5. The van der Waals surface area contributed by atoms with E-state index in [2.05, 4.69) is 242 Å². The first-order valence-corrected chi connectivity index (χ1v) is 24.9. The van der Waals surface area contributed by atoms with E-state index < -0.39 is 0 Å². The monoisotopic (exact) mass is 1170 g/mol. The first kappa shape index (κ1) is 54.9. The maximum Gasteiger partial charge on any atom is 0.265 e. The van der Waals surface area contributed by atoms with Gasteiger partial charge in [0.2, 0.25) is 0 Å². The van der Waals surface area contributed by atoms with Crippen LogP contribution in [0.25, 0.3) is 55.2 Å². The Morgan fingerprint density at radius 2 is 0.853 bits per heavy atom. The van der Waals surface area contributed by atoms with Gasteiger partial charge in [0, 0.05) is 53.6 Å². The van der Waals surface area contributed by atoms with Crippen LogP contribution < -0.4 is 9.80 Å². The summed E-state index contributed by atoms with van der Waals surface area (Å²) in [5, 5.41) is 22.0. The predicted octanol–water partition coefficient (Wildman–Crippen LogP) is 16.7. The standard InChI is InChI=1S/C44H32N2.C16H11N2.C5H12O2.BHNP.Ir/c1-3-17-37(18-4-1)45(43-23-11-15-35-13-7-9-21-41(35)43)39-29-25-33(26-30-39)34-27-31-40(32-28-34)46(38-19-5-2-6-20-38)44-24-12-16-36-14-8-10-22-42(36)44;1-3-7-13(8-4-1)15-11-16(18-12-17-15)14-9-5-2-6-10-14;1-4(6)3-5(2)7;1-2-3;/h1-32H;1-9,11-12H;4-7H,3H2,1-2H3;3H;/q;-1;;;. The summed E-state index contributed by atoms with van der Waals surface area (Å²) in [7, 11) is 6.97. The van der Waals surface area contributed by atoms with Crippen LogP contribution in [0, 0.1) is 6.07 Å². The Morgan fingerprint density at radius 3 is 1.28 bits per heavy atom. The van der Waals surface area contributed by atoms with Gasteiger partial charge in [-0.2, -0.15) is 0 Å². The Morgan fingerprint density at radius 1 is 0.467 bits per heavy atom. The van der Waals surface area contributed by atoms with Crippen molar-refractivity contribution in [1.29, 1.82) is 0 Å². The molecule has 2 atom stereocenters. The molecule has 11 rings (SSSR count). The zero-order valence-electron chi connectivity index (χ0n) is 41.7. The van der Waals surface area contributed by atoms with Gasteiger partial charge in [-0.1, -0.05) is 170 Å². The molecule has 0 saturated carbocycles. The Labute approximate surface area is 458 Å². The minimum absolute atomic E-state index is 0. The summed E-state index contributed by atoms with van der Waals surface area (Å²) in [6.07, 6.45) is 1.32. The van der Waals surface area contributed by atoms with Crippen molar-refractivity contribution in [2.24, 2.45) is 4.66 Å². The van der Waals surface area contributed by atoms with Crippen LogP contribution in [0.1, 0.15) is 20.3 Å². The van der Waals surface area contributed by atoms with Crippen LogP contribution in [-0.4, -0.2) is 40.4 Å². The van der Waals surface area contributed by atoms with Gasteiger partial charge < -0.3 is 24.7 Å². The van der Waals surface area contributed by atoms with Crippen molar-refractivity contribution in [2.75, 3.05) is 9.80 Å². The van der Waals surface area contributed by atoms with Gasteiger partial charge in [0.1, 0.15) is 6.33 Å². The number of aromatic nitrogens is 2. The summed E-state index contributed by atoms with van der Waals surface area (Å²) < 4.78 is 2.81. The number of anilines is 6. The molecule has 2 unspecified atom stereocenters. The van der Waals surface area contributed by atoms with Crippen LogP contribution in [0.15, 0.2) is 266 Å². The molecule has 11 aromatic rings. The third-order valence-corrected chi connectivity index (χ3v) is 12.0. The van der Waals surface area contributed by atoms with E-state index in [-0.39, 0.29) is 32.3 Å². The molecular weight excluding hydrogens is 1120 g/mol. The molecule has 0 aliphatic carbocycles. The topological polar surface area (TPSA) is 85.1 Å². The van der Waals surface area contributed by atoms with Crippen molar-refractivity contribution in [2.45, 2.75) is 32.5 Å². The van der Waals surface area contributed by atoms with Crippen molar-refractivity contribution in [3.8, 4) is 33.6 Å². The maximum absolute atomic E-state index is 8.56. The molecule has 0 amide bonds. The number of rotatable bonds is 11. The molecule has 1 heterocycles. The molecule has 0 aliphatic rings. The van der Waals surface area contributed by atoms with E-state index in [0.29, 0.717) is 6.42 Å². The molecule has 0 saturated heterocycles. The molecule has 75 heavy (non-hydrogen) atoms. The number of aliphatic hydroxyl groups is 2. The van der Waals surface area contributed by atoms with Crippen molar-refractivity contribution in [3.05, 3.63) is 267 Å². The minimum atomic E-state index is -0.375. The molecule has 1 aromatic heterocycles. The van der Waals surface area contributed by atoms with Crippen molar-refractivity contribution in [3.63, 3.8) is 0 Å². The number of fused-ring (bicyclic) bond motifs is 2. The van der Waals surface area contributed by atoms with Crippen LogP contribution in [0.3, 0.4) is 0 Å². The number of hydrogen-bond donors (Lipinski definition) is 2. The van der Waals surface area contributed by atoms with E-state index in [0.717, 1.165) is 56.6 Å². The van der Waals surface area contributed by atoms with Crippen molar-refractivity contribution in [1.82, 2.24) is 9.97 Å². The van der Waals surface area contributed by atoms with Gasteiger partial charge in [0.05, 0.1) is 29.3 Å². The van der Waals surface area contributed by atoms with E-state index in [1.54, 1.807) is 20.2 Å². The Balaban J connectivity index is 0.000000232. The third kappa shape index (κ3) is 14.7. The SMILES string of the molecule is CC(O)CC(C)O.[B]N=P.[Ir].[c-]1ccccc1-c1cc(-c2ccccc2)ncn1.c1ccc(N(c2ccc(-c3ccc(N(c4ccccc4)c4cccc5ccccc45)cc3)cc2)c2cccc3ccccc23)cc1. The number of aliphatic hydroxyl groups excluding tert-OH is 2. The van der Waals surface area contributed by atoms with Crippen LogP contribution in [0.5, 0.6) is 0 Å². The van der Waals surface area contributed by atoms with Gasteiger partial charge in [-0.15, -0.1) is 35.9 Å². The van der Waals surface area contributed by atoms with Gasteiger partial charge in [-0.25, -0.2) is 4.98 Å². The van der Waals surface area contributed by atoms with E-state index >= 15 is 0 Å². The summed E-state index contributed by atoms with van der Waals surface area (Å²) in [5.41, 5.74) is 13.1. The molecule has 10 aromatic carbocycles. The van der Waals surface area contributed by atoms with Gasteiger partial charge in [-0.05, 0) is 123 Å². The number of benzene rings is 10. The average Bonchev–Trinajstić information content (AvgIpc) is 3.45. The molecule has 7 nitrogen and oxygen atoms in total. The molecule has 2 N–H and O–H groups in total. The van der Waals surface area contributed by atoms with Crippen LogP contribution in [0.4, 0.5) is 34.1 Å². The summed E-state index contributed by atoms with van der Waals surface area (Å²) in [5.74, 6) is 0. The zero-order chi connectivity index (χ0) is 51.5. The fraction of sp³-hybridized carbons (Fsp3) is 0.0769. The molecule has 0 spiro atoms. The van der Waals surface area contributed by atoms with E-state index in [9.17, 15) is 0 Å². The summed E-state index contributed by atoms with van der Waals surface area (Å²) >= 11 is 0. The zero-order valence-corrected chi connectivity index (χ0v) is 45.1. The number of hydrogen-bond acceptors (Lipinski definition) is 7. The molecule has 371 valence electrons. The van der Waals surface area contributed by atoms with Gasteiger partial charge >= 0.3 is 0 Å². The second kappa shape index (κ2) is 28.0. The minimum Gasteiger partial charge on any atom is -0.393 e. The number of para-hydroxylation sites is 2.